The molecule has 0 radical (unpaired) electrons. The molecule has 0 aliphatic rings. The fraction of sp³-hybridized carbons (Fsp3) is 0.263. The van der Waals surface area contributed by atoms with Crippen molar-refractivity contribution in [3.8, 4) is 11.5 Å². The van der Waals surface area contributed by atoms with Gasteiger partial charge in [-0.3, -0.25) is 4.79 Å². The summed E-state index contributed by atoms with van der Waals surface area (Å²) in [5.41, 5.74) is 1.72. The minimum absolute atomic E-state index is 0.0180. The summed E-state index contributed by atoms with van der Waals surface area (Å²) in [4.78, 5) is 23.7. The molecule has 0 heterocycles. The van der Waals surface area contributed by atoms with Crippen molar-refractivity contribution in [2.45, 2.75) is 13.0 Å². The third-order valence-corrected chi connectivity index (χ3v) is 3.70. The predicted molar refractivity (Wildman–Crippen MR) is 96.0 cm³/mol. The monoisotopic (exact) mass is 359 g/mol. The van der Waals surface area contributed by atoms with E-state index in [2.05, 4.69) is 5.32 Å². The highest BCUT2D eigenvalue weighted by molar-refractivity contribution is 5.95. The largest absolute Gasteiger partial charge is 0.496 e. The van der Waals surface area contributed by atoms with Gasteiger partial charge in [-0.1, -0.05) is 6.07 Å². The van der Waals surface area contributed by atoms with E-state index >= 15 is 0 Å². The Bertz CT molecular complexity index is 780. The van der Waals surface area contributed by atoms with Crippen LogP contribution in [0.15, 0.2) is 36.4 Å². The molecule has 7 heteroatoms. The number of benzene rings is 2. The highest BCUT2D eigenvalue weighted by Gasteiger charge is 2.15. The van der Waals surface area contributed by atoms with E-state index in [9.17, 15) is 14.7 Å². The Hall–Kier alpha value is -3.06. The number of carbonyl (C=O) groups excluding carboxylic acids is 1. The number of anilines is 1. The molecule has 0 spiro atoms. The molecule has 2 aromatic carbocycles. The van der Waals surface area contributed by atoms with Crippen molar-refractivity contribution in [1.29, 1.82) is 0 Å². The standard InChI is InChI=1S/C19H21NO6/c1-24-11-12-7-13(19(22)23)9-14(8-12)20-18(21)10-15-16(25-2)5-4-6-17(15)26-3/h4-9H,10-11H2,1-3H3,(H,20,21)(H,22,23). The van der Waals surface area contributed by atoms with Crippen molar-refractivity contribution in [1.82, 2.24) is 0 Å². The van der Waals surface area contributed by atoms with Crippen molar-refractivity contribution in [2.75, 3.05) is 26.6 Å². The molecule has 0 saturated heterocycles. The number of carboxylic acids is 1. The summed E-state index contributed by atoms with van der Waals surface area (Å²) in [6.07, 6.45) is 0.0180. The van der Waals surface area contributed by atoms with Crippen LogP contribution < -0.4 is 14.8 Å². The van der Waals surface area contributed by atoms with E-state index in [4.69, 9.17) is 14.2 Å². The van der Waals surface area contributed by atoms with Gasteiger partial charge in [0.2, 0.25) is 5.91 Å². The van der Waals surface area contributed by atoms with Crippen molar-refractivity contribution >= 4 is 17.6 Å². The molecule has 138 valence electrons. The Labute approximate surface area is 151 Å². The van der Waals surface area contributed by atoms with Gasteiger partial charge in [0.25, 0.3) is 0 Å². The van der Waals surface area contributed by atoms with Gasteiger partial charge in [-0.25, -0.2) is 4.79 Å². The molecule has 1 amide bonds. The number of carbonyl (C=O) groups is 2. The highest BCUT2D eigenvalue weighted by Crippen LogP contribution is 2.29. The van der Waals surface area contributed by atoms with Gasteiger partial charge in [0, 0.05) is 18.4 Å². The normalized spacial score (nSPS) is 10.3. The zero-order valence-electron chi connectivity index (χ0n) is 14.9. The quantitative estimate of drug-likeness (QED) is 0.753. The van der Waals surface area contributed by atoms with E-state index in [1.54, 1.807) is 24.3 Å². The second kappa shape index (κ2) is 8.87. The van der Waals surface area contributed by atoms with Crippen LogP contribution in [0, 0.1) is 0 Å². The minimum atomic E-state index is -1.08. The van der Waals surface area contributed by atoms with Crippen molar-refractivity contribution < 1.29 is 28.9 Å². The van der Waals surface area contributed by atoms with Crippen molar-refractivity contribution in [2.24, 2.45) is 0 Å². The number of rotatable bonds is 8. The van der Waals surface area contributed by atoms with Crippen LogP contribution >= 0.6 is 0 Å². The van der Waals surface area contributed by atoms with Gasteiger partial charge in [-0.05, 0) is 35.9 Å². The van der Waals surface area contributed by atoms with Crippen LogP contribution in [0.1, 0.15) is 21.5 Å². The molecule has 26 heavy (non-hydrogen) atoms. The predicted octanol–water partition coefficient (Wildman–Crippen LogP) is 2.73. The van der Waals surface area contributed by atoms with Crippen LogP contribution in [-0.2, 0) is 22.6 Å². The number of hydrogen-bond acceptors (Lipinski definition) is 5. The first-order valence-electron chi connectivity index (χ1n) is 7.84. The first-order valence-corrected chi connectivity index (χ1v) is 7.84. The fourth-order valence-corrected chi connectivity index (χ4v) is 2.61. The lowest BCUT2D eigenvalue weighted by molar-refractivity contribution is -0.115. The maximum Gasteiger partial charge on any atom is 0.335 e. The Kier molecular flexibility index (Phi) is 6.57. The van der Waals surface area contributed by atoms with Crippen LogP contribution in [0.25, 0.3) is 0 Å². The average molecular weight is 359 g/mol. The highest BCUT2D eigenvalue weighted by atomic mass is 16.5. The summed E-state index contributed by atoms with van der Waals surface area (Å²) >= 11 is 0. The van der Waals surface area contributed by atoms with Gasteiger partial charge in [0.15, 0.2) is 0 Å². The molecule has 0 saturated carbocycles. The van der Waals surface area contributed by atoms with Crippen molar-refractivity contribution in [3.05, 3.63) is 53.1 Å². The summed E-state index contributed by atoms with van der Waals surface area (Å²) in [5.74, 6) is -0.318. The van der Waals surface area contributed by atoms with E-state index < -0.39 is 5.97 Å². The van der Waals surface area contributed by atoms with Crippen molar-refractivity contribution in [3.63, 3.8) is 0 Å². The topological polar surface area (TPSA) is 94.1 Å². The fourth-order valence-electron chi connectivity index (χ4n) is 2.61. The maximum atomic E-state index is 12.5. The van der Waals surface area contributed by atoms with E-state index in [1.807, 2.05) is 0 Å². The number of hydrogen-bond donors (Lipinski definition) is 2. The van der Waals surface area contributed by atoms with Crippen LogP contribution in [0.5, 0.6) is 11.5 Å². The molecule has 0 unspecified atom stereocenters. The van der Waals surface area contributed by atoms with Gasteiger partial charge >= 0.3 is 5.97 Å². The number of aromatic carboxylic acids is 1. The lowest BCUT2D eigenvalue weighted by Gasteiger charge is -2.13. The van der Waals surface area contributed by atoms with Crippen LogP contribution in [-0.4, -0.2) is 38.3 Å². The summed E-state index contributed by atoms with van der Waals surface area (Å²) in [6, 6.07) is 9.84. The van der Waals surface area contributed by atoms with Gasteiger partial charge in [0.1, 0.15) is 11.5 Å². The number of amides is 1. The van der Waals surface area contributed by atoms with Gasteiger partial charge < -0.3 is 24.6 Å². The van der Waals surface area contributed by atoms with E-state index in [1.165, 1.54) is 33.5 Å². The van der Waals surface area contributed by atoms with E-state index in [0.717, 1.165) is 0 Å². The average Bonchev–Trinajstić information content (AvgIpc) is 2.61. The smallest absolute Gasteiger partial charge is 0.335 e. The van der Waals surface area contributed by atoms with Crippen LogP contribution in [0.3, 0.4) is 0 Å². The molecular weight excluding hydrogens is 338 g/mol. The molecule has 2 N–H and O–H groups in total. The second-order valence-electron chi connectivity index (χ2n) is 5.52. The number of carboxylic acid groups (broad SMARTS) is 1. The molecule has 2 aromatic rings. The first kappa shape index (κ1) is 19.3. The first-order chi connectivity index (χ1) is 12.5. The third kappa shape index (κ3) is 4.73. The Morgan fingerprint density at radius 1 is 1.04 bits per heavy atom. The zero-order valence-corrected chi connectivity index (χ0v) is 14.9. The second-order valence-corrected chi connectivity index (χ2v) is 5.52. The van der Waals surface area contributed by atoms with E-state index in [0.29, 0.717) is 28.3 Å². The lowest BCUT2D eigenvalue weighted by atomic mass is 10.1. The molecule has 0 bridgehead atoms. The molecule has 7 nitrogen and oxygen atoms in total. The van der Waals surface area contributed by atoms with Crippen LogP contribution in [0.2, 0.25) is 0 Å². The van der Waals surface area contributed by atoms with E-state index in [-0.39, 0.29) is 24.5 Å². The Balaban J connectivity index is 2.24. The Morgan fingerprint density at radius 2 is 1.69 bits per heavy atom. The molecule has 2 rings (SSSR count). The third-order valence-electron chi connectivity index (χ3n) is 3.70. The summed E-state index contributed by atoms with van der Waals surface area (Å²) in [6.45, 7) is 0.240. The number of nitrogens with one attached hydrogen (secondary N) is 1. The number of ether oxygens (including phenoxy) is 3. The molecule has 0 aliphatic carbocycles. The zero-order chi connectivity index (χ0) is 19.1. The SMILES string of the molecule is COCc1cc(NC(=O)Cc2c(OC)cccc2OC)cc(C(=O)O)c1. The summed E-state index contributed by atoms with van der Waals surface area (Å²) < 4.78 is 15.6. The molecule has 0 aliphatic heterocycles. The summed E-state index contributed by atoms with van der Waals surface area (Å²) in [5, 5.41) is 11.9. The summed E-state index contributed by atoms with van der Waals surface area (Å²) in [7, 11) is 4.55. The molecule has 0 atom stereocenters. The van der Waals surface area contributed by atoms with Gasteiger partial charge in [-0.2, -0.15) is 0 Å². The molecule has 0 aromatic heterocycles. The van der Waals surface area contributed by atoms with Crippen LogP contribution in [0.4, 0.5) is 5.69 Å². The minimum Gasteiger partial charge on any atom is -0.496 e. The Morgan fingerprint density at radius 3 is 2.23 bits per heavy atom. The lowest BCUT2D eigenvalue weighted by Crippen LogP contribution is -2.16. The molecule has 0 fully saturated rings. The van der Waals surface area contributed by atoms with Gasteiger partial charge in [0.05, 0.1) is 32.8 Å². The maximum absolute atomic E-state index is 12.5. The number of methoxy groups -OCH3 is 3. The molecular formula is C19H21NO6. The van der Waals surface area contributed by atoms with Gasteiger partial charge in [-0.15, -0.1) is 0 Å².